The van der Waals surface area contributed by atoms with Gasteiger partial charge in [-0.1, -0.05) is 12.1 Å². The number of nitrogens with one attached hydrogen (secondary N) is 1. The zero-order valence-corrected chi connectivity index (χ0v) is 15.4. The number of rotatable bonds is 7. The lowest BCUT2D eigenvalue weighted by atomic mass is 10.1. The molecular formula is C20H18F2N2O2S. The summed E-state index contributed by atoms with van der Waals surface area (Å²) in [6.45, 7) is 2.10. The molecule has 0 fully saturated rings. The van der Waals surface area contributed by atoms with E-state index in [2.05, 4.69) is 10.3 Å². The number of amides is 1. The Bertz CT molecular complexity index is 895. The summed E-state index contributed by atoms with van der Waals surface area (Å²) in [4.78, 5) is 16.6. The molecule has 1 N–H and O–H groups in total. The Labute approximate surface area is 159 Å². The minimum absolute atomic E-state index is 0.151. The Morgan fingerprint density at radius 1 is 1.11 bits per heavy atom. The Morgan fingerprint density at radius 3 is 2.41 bits per heavy atom. The maximum atomic E-state index is 13.0. The fraction of sp³-hybridized carbons (Fsp3) is 0.200. The number of hydrogen-bond donors (Lipinski definition) is 1. The molecule has 2 aromatic carbocycles. The van der Waals surface area contributed by atoms with Crippen LogP contribution < -0.4 is 10.1 Å². The van der Waals surface area contributed by atoms with E-state index in [0.29, 0.717) is 11.4 Å². The van der Waals surface area contributed by atoms with Crippen molar-refractivity contribution in [3.05, 3.63) is 81.8 Å². The monoisotopic (exact) mass is 388 g/mol. The van der Waals surface area contributed by atoms with Crippen molar-refractivity contribution in [2.24, 2.45) is 0 Å². The molecule has 0 saturated heterocycles. The van der Waals surface area contributed by atoms with Gasteiger partial charge in [-0.2, -0.15) is 0 Å². The first-order valence-electron chi connectivity index (χ1n) is 8.36. The maximum absolute atomic E-state index is 13.0. The number of benzene rings is 2. The Kier molecular flexibility index (Phi) is 6.13. The van der Waals surface area contributed by atoms with E-state index in [0.717, 1.165) is 10.6 Å². The highest BCUT2D eigenvalue weighted by atomic mass is 32.1. The lowest BCUT2D eigenvalue weighted by Gasteiger charge is -2.13. The minimum Gasteiger partial charge on any atom is -0.486 e. The number of ether oxygens (including phenoxy) is 1. The number of hydrogen-bond acceptors (Lipinski definition) is 4. The number of nitrogens with zero attached hydrogens (tertiary/aromatic N) is 1. The van der Waals surface area contributed by atoms with Gasteiger partial charge in [0.1, 0.15) is 29.0 Å². The van der Waals surface area contributed by atoms with E-state index < -0.39 is 0 Å². The normalized spacial score (nSPS) is 11.8. The van der Waals surface area contributed by atoms with Crippen molar-refractivity contribution in [1.82, 2.24) is 10.3 Å². The highest BCUT2D eigenvalue weighted by molar-refractivity contribution is 7.09. The van der Waals surface area contributed by atoms with Crippen LogP contribution in [0.3, 0.4) is 0 Å². The summed E-state index contributed by atoms with van der Waals surface area (Å²) in [5, 5.41) is 5.41. The van der Waals surface area contributed by atoms with Gasteiger partial charge in [0.15, 0.2) is 0 Å². The number of halogens is 2. The molecule has 27 heavy (non-hydrogen) atoms. The highest BCUT2D eigenvalue weighted by Gasteiger charge is 2.12. The summed E-state index contributed by atoms with van der Waals surface area (Å²) < 4.78 is 31.4. The molecule has 0 radical (unpaired) electrons. The van der Waals surface area contributed by atoms with Crippen molar-refractivity contribution in [2.45, 2.75) is 26.0 Å². The summed E-state index contributed by atoms with van der Waals surface area (Å²) in [5.41, 5.74) is 1.48. The van der Waals surface area contributed by atoms with Crippen LogP contribution in [-0.4, -0.2) is 10.9 Å². The molecule has 4 nitrogen and oxygen atoms in total. The van der Waals surface area contributed by atoms with E-state index in [9.17, 15) is 13.6 Å². The molecule has 0 aliphatic rings. The molecule has 140 valence electrons. The molecule has 3 aromatic rings. The van der Waals surface area contributed by atoms with Crippen LogP contribution in [0.4, 0.5) is 8.78 Å². The van der Waals surface area contributed by atoms with E-state index in [1.54, 1.807) is 24.3 Å². The first-order valence-corrected chi connectivity index (χ1v) is 9.24. The quantitative estimate of drug-likeness (QED) is 0.652. The molecule has 0 aliphatic heterocycles. The first kappa shape index (κ1) is 19.0. The molecule has 1 aromatic heterocycles. The summed E-state index contributed by atoms with van der Waals surface area (Å²) >= 11 is 1.40. The number of thiazole rings is 1. The standard InChI is InChI=1S/C20H18F2N2O2S/c1-13(14-2-4-15(21)5-3-14)23-19(25)10-17-12-27-20(24-17)11-26-18-8-6-16(22)7-9-18/h2-9,12-13H,10-11H2,1H3,(H,23,25)/t13-/m1/s1. The molecule has 1 amide bonds. The fourth-order valence-corrected chi connectivity index (χ4v) is 3.17. The van der Waals surface area contributed by atoms with Crippen LogP contribution in [0.1, 0.15) is 29.2 Å². The Hall–Kier alpha value is -2.80. The van der Waals surface area contributed by atoms with Gasteiger partial charge in [0.25, 0.3) is 0 Å². The largest absolute Gasteiger partial charge is 0.486 e. The number of carbonyl (C=O) groups is 1. The van der Waals surface area contributed by atoms with E-state index in [1.165, 1.54) is 35.6 Å². The van der Waals surface area contributed by atoms with Crippen molar-refractivity contribution in [2.75, 3.05) is 0 Å². The van der Waals surface area contributed by atoms with Gasteiger partial charge in [0, 0.05) is 5.38 Å². The van der Waals surface area contributed by atoms with Crippen LogP contribution in [0.15, 0.2) is 53.9 Å². The van der Waals surface area contributed by atoms with Crippen LogP contribution in [0.5, 0.6) is 5.75 Å². The van der Waals surface area contributed by atoms with Gasteiger partial charge in [-0.25, -0.2) is 13.8 Å². The van der Waals surface area contributed by atoms with Crippen LogP contribution >= 0.6 is 11.3 Å². The average molecular weight is 388 g/mol. The number of aromatic nitrogens is 1. The summed E-state index contributed by atoms with van der Waals surface area (Å²) in [6, 6.07) is 11.6. The topological polar surface area (TPSA) is 51.2 Å². The number of carbonyl (C=O) groups excluding carboxylic acids is 1. The lowest BCUT2D eigenvalue weighted by molar-refractivity contribution is -0.121. The van der Waals surface area contributed by atoms with Gasteiger partial charge in [-0.15, -0.1) is 11.3 Å². The third kappa shape index (κ3) is 5.59. The zero-order valence-electron chi connectivity index (χ0n) is 14.6. The second kappa shape index (κ2) is 8.73. The predicted octanol–water partition coefficient (Wildman–Crippen LogP) is 4.42. The van der Waals surface area contributed by atoms with Gasteiger partial charge >= 0.3 is 0 Å². The smallest absolute Gasteiger partial charge is 0.226 e. The summed E-state index contributed by atoms with van der Waals surface area (Å²) in [5.74, 6) is -0.239. The van der Waals surface area contributed by atoms with Gasteiger partial charge in [-0.05, 0) is 48.9 Å². The maximum Gasteiger partial charge on any atom is 0.226 e. The van der Waals surface area contributed by atoms with Crippen LogP contribution in [0.2, 0.25) is 0 Å². The summed E-state index contributed by atoms with van der Waals surface area (Å²) in [7, 11) is 0. The Balaban J connectivity index is 1.50. The van der Waals surface area contributed by atoms with E-state index in [-0.39, 0.29) is 36.6 Å². The van der Waals surface area contributed by atoms with E-state index in [1.807, 2.05) is 12.3 Å². The predicted molar refractivity (Wildman–Crippen MR) is 99.5 cm³/mol. The van der Waals surface area contributed by atoms with Crippen LogP contribution in [-0.2, 0) is 17.8 Å². The third-order valence-corrected chi connectivity index (χ3v) is 4.74. The first-order chi connectivity index (χ1) is 13.0. The van der Waals surface area contributed by atoms with Crippen LogP contribution in [0, 0.1) is 11.6 Å². The highest BCUT2D eigenvalue weighted by Crippen LogP contribution is 2.17. The van der Waals surface area contributed by atoms with Crippen molar-refractivity contribution < 1.29 is 18.3 Å². The summed E-state index contributed by atoms with van der Waals surface area (Å²) in [6.07, 6.45) is 0.151. The van der Waals surface area contributed by atoms with Gasteiger partial charge in [0.2, 0.25) is 5.91 Å². The lowest BCUT2D eigenvalue weighted by Crippen LogP contribution is -2.28. The fourth-order valence-electron chi connectivity index (χ4n) is 2.46. The molecule has 0 saturated carbocycles. The van der Waals surface area contributed by atoms with Crippen molar-refractivity contribution in [1.29, 1.82) is 0 Å². The van der Waals surface area contributed by atoms with E-state index in [4.69, 9.17) is 4.74 Å². The van der Waals surface area contributed by atoms with Gasteiger partial charge < -0.3 is 10.1 Å². The van der Waals surface area contributed by atoms with Gasteiger partial charge in [0.05, 0.1) is 18.2 Å². The average Bonchev–Trinajstić information content (AvgIpc) is 3.09. The Morgan fingerprint density at radius 2 is 1.74 bits per heavy atom. The molecule has 1 heterocycles. The van der Waals surface area contributed by atoms with Crippen molar-refractivity contribution >= 4 is 17.2 Å². The molecule has 0 aliphatic carbocycles. The van der Waals surface area contributed by atoms with E-state index >= 15 is 0 Å². The molecule has 1 atom stereocenters. The van der Waals surface area contributed by atoms with Crippen molar-refractivity contribution in [3.63, 3.8) is 0 Å². The molecular weight excluding hydrogens is 370 g/mol. The van der Waals surface area contributed by atoms with Crippen molar-refractivity contribution in [3.8, 4) is 5.75 Å². The third-order valence-electron chi connectivity index (χ3n) is 3.86. The minimum atomic E-state index is -0.320. The van der Waals surface area contributed by atoms with Gasteiger partial charge in [-0.3, -0.25) is 4.79 Å². The SMILES string of the molecule is C[C@@H](NC(=O)Cc1csc(COc2ccc(F)cc2)n1)c1ccc(F)cc1. The second-order valence-corrected chi connectivity index (χ2v) is 6.94. The zero-order chi connectivity index (χ0) is 19.2. The molecule has 7 heteroatoms. The molecule has 3 rings (SSSR count). The van der Waals surface area contributed by atoms with Crippen LogP contribution in [0.25, 0.3) is 0 Å². The molecule has 0 unspecified atom stereocenters. The molecule has 0 spiro atoms. The second-order valence-electron chi connectivity index (χ2n) is 5.99. The molecule has 0 bridgehead atoms.